The molecule has 1 heterocycles. The molecule has 2 rings (SSSR count). The van der Waals surface area contributed by atoms with E-state index in [4.69, 9.17) is 21.1 Å². The maximum atomic E-state index is 11.8. The van der Waals surface area contributed by atoms with Crippen molar-refractivity contribution < 1.29 is 14.3 Å². The molecule has 22 heavy (non-hydrogen) atoms. The van der Waals surface area contributed by atoms with Gasteiger partial charge in [0.05, 0.1) is 5.69 Å². The molecule has 0 fully saturated rings. The van der Waals surface area contributed by atoms with Gasteiger partial charge in [-0.2, -0.15) is 0 Å². The summed E-state index contributed by atoms with van der Waals surface area (Å²) in [7, 11) is 1.56. The number of halogens is 1. The van der Waals surface area contributed by atoms with Crippen LogP contribution in [0.4, 0.5) is 5.69 Å². The maximum absolute atomic E-state index is 11.8. The van der Waals surface area contributed by atoms with Gasteiger partial charge in [-0.15, -0.1) is 0 Å². The lowest BCUT2D eigenvalue weighted by molar-refractivity contribution is -0.111. The smallest absolute Gasteiger partial charge is 0.248 e. The van der Waals surface area contributed by atoms with Gasteiger partial charge in [-0.3, -0.25) is 4.79 Å². The third-order valence-electron chi connectivity index (χ3n) is 2.67. The lowest BCUT2D eigenvalue weighted by Crippen LogP contribution is -2.08. The Morgan fingerprint density at radius 2 is 2.09 bits per heavy atom. The number of carbonyl (C=O) groups is 1. The molecule has 1 amide bonds. The molecule has 5 nitrogen and oxygen atoms in total. The number of rotatable bonds is 6. The minimum absolute atomic E-state index is 0.198. The monoisotopic (exact) mass is 318 g/mol. The largest absolute Gasteiger partial charge is 0.468 e. The van der Waals surface area contributed by atoms with Crippen LogP contribution in [0.25, 0.3) is 6.08 Å². The van der Waals surface area contributed by atoms with E-state index < -0.39 is 0 Å². The number of ether oxygens (including phenoxy) is 2. The molecule has 0 aliphatic carbocycles. The Labute approximate surface area is 133 Å². The SMILES string of the molecule is COCOc1ccc(/C=C/C(=O)Nc2cccnc2Cl)cc1. The van der Waals surface area contributed by atoms with E-state index in [0.717, 1.165) is 5.56 Å². The number of anilines is 1. The van der Waals surface area contributed by atoms with E-state index in [1.807, 2.05) is 12.1 Å². The molecular weight excluding hydrogens is 304 g/mol. The van der Waals surface area contributed by atoms with Crippen molar-refractivity contribution in [2.45, 2.75) is 0 Å². The summed E-state index contributed by atoms with van der Waals surface area (Å²) in [4.78, 5) is 15.7. The molecule has 0 atom stereocenters. The highest BCUT2D eigenvalue weighted by molar-refractivity contribution is 6.32. The fourth-order valence-corrected chi connectivity index (χ4v) is 1.79. The molecule has 0 saturated carbocycles. The summed E-state index contributed by atoms with van der Waals surface area (Å²) in [5.74, 6) is 0.417. The number of hydrogen-bond donors (Lipinski definition) is 1. The predicted molar refractivity (Wildman–Crippen MR) is 85.9 cm³/mol. The van der Waals surface area contributed by atoms with Crippen molar-refractivity contribution in [3.05, 3.63) is 59.4 Å². The molecule has 0 bridgehead atoms. The molecular formula is C16H15ClN2O3. The van der Waals surface area contributed by atoms with E-state index >= 15 is 0 Å². The van der Waals surface area contributed by atoms with E-state index in [1.54, 1.807) is 43.6 Å². The van der Waals surface area contributed by atoms with Gasteiger partial charge in [-0.25, -0.2) is 4.98 Å². The Kier molecular flexibility index (Phi) is 5.94. The molecule has 1 N–H and O–H groups in total. The van der Waals surface area contributed by atoms with Crippen LogP contribution in [0.15, 0.2) is 48.7 Å². The van der Waals surface area contributed by atoms with E-state index in [9.17, 15) is 4.79 Å². The topological polar surface area (TPSA) is 60.5 Å². The first-order chi connectivity index (χ1) is 10.7. The normalized spacial score (nSPS) is 10.6. The van der Waals surface area contributed by atoms with E-state index in [1.165, 1.54) is 6.08 Å². The average Bonchev–Trinajstić information content (AvgIpc) is 2.54. The van der Waals surface area contributed by atoms with Crippen molar-refractivity contribution in [3.63, 3.8) is 0 Å². The number of pyridine rings is 1. The summed E-state index contributed by atoms with van der Waals surface area (Å²) in [6.07, 6.45) is 4.68. The number of methoxy groups -OCH3 is 1. The molecule has 0 spiro atoms. The first-order valence-corrected chi connectivity index (χ1v) is 6.88. The molecule has 1 aromatic heterocycles. The minimum atomic E-state index is -0.283. The van der Waals surface area contributed by atoms with Crippen LogP contribution in [0, 0.1) is 0 Å². The summed E-state index contributed by atoms with van der Waals surface area (Å²) in [6.45, 7) is 0.198. The van der Waals surface area contributed by atoms with Crippen molar-refractivity contribution in [1.29, 1.82) is 0 Å². The van der Waals surface area contributed by atoms with Crippen LogP contribution in [0.2, 0.25) is 5.15 Å². The van der Waals surface area contributed by atoms with Gasteiger partial charge in [0.2, 0.25) is 5.91 Å². The summed E-state index contributed by atoms with van der Waals surface area (Å²) >= 11 is 5.87. The van der Waals surface area contributed by atoms with Crippen molar-refractivity contribution in [1.82, 2.24) is 4.98 Å². The Bertz CT molecular complexity index is 657. The van der Waals surface area contributed by atoms with Crippen LogP contribution in [0.1, 0.15) is 5.56 Å². The molecule has 6 heteroatoms. The molecule has 0 saturated heterocycles. The molecule has 1 aromatic carbocycles. The second-order valence-electron chi connectivity index (χ2n) is 4.28. The van der Waals surface area contributed by atoms with Crippen molar-refractivity contribution in [2.75, 3.05) is 19.2 Å². The standard InChI is InChI=1S/C16H15ClN2O3/c1-21-11-22-13-7-4-12(5-8-13)6-9-15(20)19-14-3-2-10-18-16(14)17/h2-10H,11H2,1H3,(H,19,20)/b9-6+. The molecule has 2 aromatic rings. The van der Waals surface area contributed by atoms with Crippen molar-refractivity contribution in [3.8, 4) is 5.75 Å². The number of carbonyl (C=O) groups excluding carboxylic acids is 1. The van der Waals surface area contributed by atoms with Crippen molar-refractivity contribution >= 4 is 29.3 Å². The minimum Gasteiger partial charge on any atom is -0.468 e. The fourth-order valence-electron chi connectivity index (χ4n) is 1.63. The number of amides is 1. The van der Waals surface area contributed by atoms with Gasteiger partial charge in [0.1, 0.15) is 5.75 Å². The number of aromatic nitrogens is 1. The second kappa shape index (κ2) is 8.17. The zero-order valence-corrected chi connectivity index (χ0v) is 12.7. The molecule has 0 aliphatic rings. The van der Waals surface area contributed by atoms with Gasteiger partial charge in [-0.1, -0.05) is 23.7 Å². The lowest BCUT2D eigenvalue weighted by Gasteiger charge is -2.04. The van der Waals surface area contributed by atoms with Crippen LogP contribution in [-0.2, 0) is 9.53 Å². The van der Waals surface area contributed by atoms with Gasteiger partial charge < -0.3 is 14.8 Å². The summed E-state index contributed by atoms with van der Waals surface area (Å²) < 4.78 is 10.1. The van der Waals surface area contributed by atoms with E-state index in [0.29, 0.717) is 11.4 Å². The van der Waals surface area contributed by atoms with Gasteiger partial charge in [-0.05, 0) is 35.9 Å². The van der Waals surface area contributed by atoms with Crippen LogP contribution >= 0.6 is 11.6 Å². The zero-order chi connectivity index (χ0) is 15.8. The van der Waals surface area contributed by atoms with Gasteiger partial charge >= 0.3 is 0 Å². The molecule has 0 unspecified atom stereocenters. The second-order valence-corrected chi connectivity index (χ2v) is 4.64. The number of hydrogen-bond acceptors (Lipinski definition) is 4. The molecule has 114 valence electrons. The predicted octanol–water partition coefficient (Wildman–Crippen LogP) is 3.37. The maximum Gasteiger partial charge on any atom is 0.248 e. The van der Waals surface area contributed by atoms with E-state index in [2.05, 4.69) is 10.3 Å². The summed E-state index contributed by atoms with van der Waals surface area (Å²) in [5, 5.41) is 2.91. The number of nitrogens with zero attached hydrogens (tertiary/aromatic N) is 1. The lowest BCUT2D eigenvalue weighted by atomic mass is 10.2. The van der Waals surface area contributed by atoms with Gasteiger partial charge in [0, 0.05) is 19.4 Å². The quantitative estimate of drug-likeness (QED) is 0.504. The first-order valence-electron chi connectivity index (χ1n) is 6.50. The summed E-state index contributed by atoms with van der Waals surface area (Å²) in [6, 6.07) is 10.7. The van der Waals surface area contributed by atoms with Crippen LogP contribution in [0.5, 0.6) is 5.75 Å². The van der Waals surface area contributed by atoms with Crippen molar-refractivity contribution in [2.24, 2.45) is 0 Å². The third kappa shape index (κ3) is 4.87. The Morgan fingerprint density at radius 1 is 1.32 bits per heavy atom. The van der Waals surface area contributed by atoms with Gasteiger partial charge in [0.25, 0.3) is 0 Å². The Balaban J connectivity index is 1.93. The highest BCUT2D eigenvalue weighted by Gasteiger charge is 2.02. The summed E-state index contributed by atoms with van der Waals surface area (Å²) in [5.41, 5.74) is 1.35. The number of nitrogens with one attached hydrogen (secondary N) is 1. The Hall–Kier alpha value is -2.37. The average molecular weight is 319 g/mol. The number of benzene rings is 1. The van der Waals surface area contributed by atoms with Crippen LogP contribution < -0.4 is 10.1 Å². The zero-order valence-electron chi connectivity index (χ0n) is 12.0. The van der Waals surface area contributed by atoms with Gasteiger partial charge in [0.15, 0.2) is 11.9 Å². The van der Waals surface area contributed by atoms with E-state index in [-0.39, 0.29) is 17.9 Å². The highest BCUT2D eigenvalue weighted by atomic mass is 35.5. The van der Waals surface area contributed by atoms with Crippen LogP contribution in [-0.4, -0.2) is 24.8 Å². The molecule has 0 aliphatic heterocycles. The highest BCUT2D eigenvalue weighted by Crippen LogP contribution is 2.17. The third-order valence-corrected chi connectivity index (χ3v) is 2.97. The van der Waals surface area contributed by atoms with Crippen LogP contribution in [0.3, 0.4) is 0 Å². The Morgan fingerprint density at radius 3 is 2.77 bits per heavy atom. The molecule has 0 radical (unpaired) electrons. The first kappa shape index (κ1) is 16.0. The fraction of sp³-hybridized carbons (Fsp3) is 0.125.